The summed E-state index contributed by atoms with van der Waals surface area (Å²) in [5, 5.41) is 0. The molecule has 0 radical (unpaired) electrons. The van der Waals surface area contributed by atoms with Gasteiger partial charge in [0, 0.05) is 0 Å². The largest absolute Gasteiger partial charge is 0.489 e. The lowest BCUT2D eigenvalue weighted by Gasteiger charge is -2.14. The van der Waals surface area contributed by atoms with Crippen molar-refractivity contribution in [3.63, 3.8) is 0 Å². The number of ether oxygens (including phenoxy) is 3. The van der Waals surface area contributed by atoms with Crippen LogP contribution in [0.4, 0.5) is 0 Å². The van der Waals surface area contributed by atoms with Crippen LogP contribution in [0.5, 0.6) is 5.75 Å². The van der Waals surface area contributed by atoms with Crippen molar-refractivity contribution in [3.8, 4) is 5.75 Å². The van der Waals surface area contributed by atoms with Gasteiger partial charge in [0.05, 0.1) is 13.2 Å². The molecule has 0 spiro atoms. The SMILES string of the molecule is CCOC(=O)C(CCc1ccc(OCc2ccccc2)cc1)C(=O)OCC. The summed E-state index contributed by atoms with van der Waals surface area (Å²) in [6.45, 7) is 4.42. The molecule has 0 aliphatic rings. The molecule has 27 heavy (non-hydrogen) atoms. The van der Waals surface area contributed by atoms with E-state index < -0.39 is 17.9 Å². The number of benzene rings is 2. The summed E-state index contributed by atoms with van der Waals surface area (Å²) >= 11 is 0. The molecule has 0 aliphatic carbocycles. The van der Waals surface area contributed by atoms with Gasteiger partial charge in [-0.05, 0) is 49.9 Å². The molecule has 0 atom stereocenters. The maximum Gasteiger partial charge on any atom is 0.320 e. The summed E-state index contributed by atoms with van der Waals surface area (Å²) in [6, 6.07) is 17.6. The van der Waals surface area contributed by atoms with Crippen molar-refractivity contribution in [1.29, 1.82) is 0 Å². The number of carbonyl (C=O) groups excluding carboxylic acids is 2. The number of esters is 2. The maximum absolute atomic E-state index is 12.0. The molecule has 0 heterocycles. The first-order valence-corrected chi connectivity index (χ1v) is 9.23. The van der Waals surface area contributed by atoms with Crippen LogP contribution in [-0.2, 0) is 32.1 Å². The minimum Gasteiger partial charge on any atom is -0.489 e. The Kier molecular flexibility index (Phi) is 8.36. The van der Waals surface area contributed by atoms with Crippen molar-refractivity contribution in [1.82, 2.24) is 0 Å². The van der Waals surface area contributed by atoms with Gasteiger partial charge in [-0.15, -0.1) is 0 Å². The van der Waals surface area contributed by atoms with E-state index in [0.717, 1.165) is 16.9 Å². The van der Waals surface area contributed by atoms with Gasteiger partial charge in [-0.3, -0.25) is 9.59 Å². The van der Waals surface area contributed by atoms with Crippen LogP contribution in [0.25, 0.3) is 0 Å². The van der Waals surface area contributed by atoms with Crippen LogP contribution in [0.2, 0.25) is 0 Å². The summed E-state index contributed by atoms with van der Waals surface area (Å²) in [7, 11) is 0. The molecule has 2 aromatic rings. The molecule has 0 saturated carbocycles. The minimum atomic E-state index is -0.890. The molecule has 5 nitrogen and oxygen atoms in total. The fourth-order valence-electron chi connectivity index (χ4n) is 2.62. The van der Waals surface area contributed by atoms with Gasteiger partial charge >= 0.3 is 11.9 Å². The van der Waals surface area contributed by atoms with Crippen molar-refractivity contribution in [2.75, 3.05) is 13.2 Å². The van der Waals surface area contributed by atoms with E-state index >= 15 is 0 Å². The van der Waals surface area contributed by atoms with Gasteiger partial charge in [-0.1, -0.05) is 42.5 Å². The number of aryl methyl sites for hydroxylation is 1. The van der Waals surface area contributed by atoms with E-state index in [1.54, 1.807) is 13.8 Å². The summed E-state index contributed by atoms with van der Waals surface area (Å²) in [6.07, 6.45) is 0.920. The Balaban J connectivity index is 1.89. The lowest BCUT2D eigenvalue weighted by Crippen LogP contribution is -2.28. The Morgan fingerprint density at radius 1 is 0.815 bits per heavy atom. The molecule has 0 bridgehead atoms. The van der Waals surface area contributed by atoms with Gasteiger partial charge in [-0.25, -0.2) is 0 Å². The normalized spacial score (nSPS) is 10.5. The highest BCUT2D eigenvalue weighted by atomic mass is 16.6. The van der Waals surface area contributed by atoms with Gasteiger partial charge in [0.2, 0.25) is 0 Å². The molecule has 0 amide bonds. The highest BCUT2D eigenvalue weighted by Crippen LogP contribution is 2.18. The fraction of sp³-hybridized carbons (Fsp3) is 0.364. The Labute approximate surface area is 160 Å². The van der Waals surface area contributed by atoms with Gasteiger partial charge in [0.25, 0.3) is 0 Å². The molecule has 2 aromatic carbocycles. The number of rotatable bonds is 10. The molecular weight excluding hydrogens is 344 g/mol. The molecular formula is C22H26O5. The fourth-order valence-corrected chi connectivity index (χ4v) is 2.62. The van der Waals surface area contributed by atoms with Crippen LogP contribution in [0, 0.1) is 5.92 Å². The lowest BCUT2D eigenvalue weighted by atomic mass is 9.99. The van der Waals surface area contributed by atoms with E-state index in [-0.39, 0.29) is 13.2 Å². The summed E-state index contributed by atoms with van der Waals surface area (Å²) in [5.41, 5.74) is 2.12. The van der Waals surface area contributed by atoms with Gasteiger partial charge in [0.1, 0.15) is 12.4 Å². The van der Waals surface area contributed by atoms with Crippen molar-refractivity contribution >= 4 is 11.9 Å². The van der Waals surface area contributed by atoms with E-state index in [1.165, 1.54) is 0 Å². The van der Waals surface area contributed by atoms with E-state index in [9.17, 15) is 9.59 Å². The van der Waals surface area contributed by atoms with Crippen molar-refractivity contribution < 1.29 is 23.8 Å². The minimum absolute atomic E-state index is 0.238. The van der Waals surface area contributed by atoms with Crippen molar-refractivity contribution in [2.24, 2.45) is 5.92 Å². The zero-order valence-electron chi connectivity index (χ0n) is 15.9. The second-order valence-electron chi connectivity index (χ2n) is 6.01. The predicted molar refractivity (Wildman–Crippen MR) is 102 cm³/mol. The average Bonchev–Trinajstić information content (AvgIpc) is 2.69. The second kappa shape index (κ2) is 11.0. The first kappa shape index (κ1) is 20.5. The summed E-state index contributed by atoms with van der Waals surface area (Å²) in [5.74, 6) is -1.17. The van der Waals surface area contributed by atoms with E-state index in [0.29, 0.717) is 19.4 Å². The molecule has 0 saturated heterocycles. The monoisotopic (exact) mass is 370 g/mol. The van der Waals surface area contributed by atoms with Crippen LogP contribution < -0.4 is 4.74 Å². The number of hydrogen-bond acceptors (Lipinski definition) is 5. The van der Waals surface area contributed by atoms with Gasteiger partial charge < -0.3 is 14.2 Å². The molecule has 0 aliphatic heterocycles. The smallest absolute Gasteiger partial charge is 0.320 e. The van der Waals surface area contributed by atoms with Crippen LogP contribution in [-0.4, -0.2) is 25.2 Å². The first-order valence-electron chi connectivity index (χ1n) is 9.23. The van der Waals surface area contributed by atoms with E-state index in [4.69, 9.17) is 14.2 Å². The average molecular weight is 370 g/mol. The van der Waals surface area contributed by atoms with Crippen molar-refractivity contribution in [2.45, 2.75) is 33.3 Å². The first-order chi connectivity index (χ1) is 13.1. The molecule has 144 valence electrons. The van der Waals surface area contributed by atoms with Crippen LogP contribution in [0.1, 0.15) is 31.4 Å². The third kappa shape index (κ3) is 6.77. The molecule has 0 fully saturated rings. The summed E-state index contributed by atoms with van der Waals surface area (Å²) in [4.78, 5) is 24.0. The van der Waals surface area contributed by atoms with Crippen LogP contribution in [0.3, 0.4) is 0 Å². The van der Waals surface area contributed by atoms with E-state index in [1.807, 2.05) is 54.6 Å². The van der Waals surface area contributed by atoms with Crippen LogP contribution >= 0.6 is 0 Å². The number of hydrogen-bond donors (Lipinski definition) is 0. The Morgan fingerprint density at radius 3 is 1.96 bits per heavy atom. The zero-order valence-corrected chi connectivity index (χ0v) is 15.9. The standard InChI is InChI=1S/C22H26O5/c1-3-25-21(23)20(22(24)26-4-2)15-12-17-10-13-19(14-11-17)27-16-18-8-6-5-7-9-18/h5-11,13-14,20H,3-4,12,15-16H2,1-2H3. The highest BCUT2D eigenvalue weighted by Gasteiger charge is 2.29. The number of carbonyl (C=O) groups is 2. The van der Waals surface area contributed by atoms with Gasteiger partial charge in [0.15, 0.2) is 5.92 Å². The van der Waals surface area contributed by atoms with Gasteiger partial charge in [-0.2, -0.15) is 0 Å². The third-order valence-electron chi connectivity index (χ3n) is 4.04. The zero-order chi connectivity index (χ0) is 19.5. The molecule has 5 heteroatoms. The maximum atomic E-state index is 12.0. The quantitative estimate of drug-likeness (QED) is 0.468. The lowest BCUT2D eigenvalue weighted by molar-refractivity contribution is -0.161. The Morgan fingerprint density at radius 2 is 1.41 bits per heavy atom. The third-order valence-corrected chi connectivity index (χ3v) is 4.04. The molecule has 0 aromatic heterocycles. The summed E-state index contributed by atoms with van der Waals surface area (Å²) < 4.78 is 15.8. The molecule has 2 rings (SSSR count). The second-order valence-corrected chi connectivity index (χ2v) is 6.01. The van der Waals surface area contributed by atoms with Crippen LogP contribution in [0.15, 0.2) is 54.6 Å². The van der Waals surface area contributed by atoms with Crippen molar-refractivity contribution in [3.05, 3.63) is 65.7 Å². The Bertz CT molecular complexity index is 691. The molecule has 0 unspecified atom stereocenters. The molecule has 0 N–H and O–H groups in total. The predicted octanol–water partition coefficient (Wildman–Crippen LogP) is 3.94. The Hall–Kier alpha value is -2.82. The topological polar surface area (TPSA) is 61.8 Å². The van der Waals surface area contributed by atoms with E-state index in [2.05, 4.69) is 0 Å². The highest BCUT2D eigenvalue weighted by molar-refractivity contribution is 5.94.